The smallest absolute Gasteiger partial charge is 0.327 e. The largest absolute Gasteiger partial charge is 0.396 e. The Bertz CT molecular complexity index is 1590. The molecule has 220 valence electrons. The van der Waals surface area contributed by atoms with E-state index in [4.69, 9.17) is 4.98 Å². The molecule has 1 saturated heterocycles. The second kappa shape index (κ2) is 12.5. The number of benzene rings is 1. The molecule has 2 aliphatic rings. The van der Waals surface area contributed by atoms with E-state index in [1.54, 1.807) is 28.2 Å². The summed E-state index contributed by atoms with van der Waals surface area (Å²) in [7, 11) is 1.87. The van der Waals surface area contributed by atoms with Gasteiger partial charge in [0.25, 0.3) is 0 Å². The number of amides is 2. The molecular formula is C31H34N10O2. The lowest BCUT2D eigenvalue weighted by Gasteiger charge is -2.39. The third-order valence-corrected chi connectivity index (χ3v) is 8.08. The molecule has 43 heavy (non-hydrogen) atoms. The SMILES string of the molecule is Cn1cc(-c2ccc(N(C(=O)Nc3ccccc3)[C@H]3CC[C@@H](Nc4ncc(C#N)c(N5CC(CO)C5)n4)CC3)nc2)cn1. The first kappa shape index (κ1) is 28.1. The topological polar surface area (TPSA) is 148 Å². The average molecular weight is 579 g/mol. The van der Waals surface area contributed by atoms with Gasteiger partial charge in [-0.05, 0) is 49.9 Å². The zero-order valence-corrected chi connectivity index (χ0v) is 24.0. The summed E-state index contributed by atoms with van der Waals surface area (Å²) in [6.07, 6.45) is 10.2. The van der Waals surface area contributed by atoms with Gasteiger partial charge in [-0.1, -0.05) is 18.2 Å². The number of pyridine rings is 1. The Morgan fingerprint density at radius 1 is 1.05 bits per heavy atom. The Hall–Kier alpha value is -5.02. The van der Waals surface area contributed by atoms with E-state index in [2.05, 4.69) is 31.8 Å². The number of rotatable bonds is 8. The zero-order valence-electron chi connectivity index (χ0n) is 24.0. The lowest BCUT2D eigenvalue weighted by molar-refractivity contribution is 0.200. The summed E-state index contributed by atoms with van der Waals surface area (Å²) in [6, 6.07) is 15.3. The third-order valence-electron chi connectivity index (χ3n) is 8.08. The Morgan fingerprint density at radius 2 is 1.84 bits per heavy atom. The van der Waals surface area contributed by atoms with Crippen LogP contribution in [0, 0.1) is 17.2 Å². The van der Waals surface area contributed by atoms with E-state index in [0.717, 1.165) is 42.5 Å². The summed E-state index contributed by atoms with van der Waals surface area (Å²) in [5, 5.41) is 29.6. The quantitative estimate of drug-likeness (QED) is 0.282. The Kier molecular flexibility index (Phi) is 8.15. The molecule has 0 radical (unpaired) electrons. The van der Waals surface area contributed by atoms with Crippen LogP contribution in [0.15, 0.2) is 67.3 Å². The first-order chi connectivity index (χ1) is 21.0. The number of nitrogens with zero attached hydrogens (tertiary/aromatic N) is 8. The number of aliphatic hydroxyl groups is 1. The standard InChI is InChI=1S/C31H34N10O2/c1-39-19-24(16-35-39)22-7-12-28(33-14-22)41(31(43)37-25-5-3-2-4-6-25)27-10-8-26(9-11-27)36-30-34-15-23(13-32)29(38-30)40-17-21(18-40)20-42/h2-7,12,14-16,19,21,26-27,42H,8-11,17-18,20H2,1H3,(H,37,43)(H,34,36,38)/t26-,27+. The van der Waals surface area contributed by atoms with Crippen LogP contribution in [0.4, 0.5) is 28.1 Å². The summed E-state index contributed by atoms with van der Waals surface area (Å²) < 4.78 is 1.75. The maximum atomic E-state index is 13.7. The van der Waals surface area contributed by atoms with Crippen molar-refractivity contribution in [2.45, 2.75) is 37.8 Å². The summed E-state index contributed by atoms with van der Waals surface area (Å²) in [6.45, 7) is 1.47. The predicted octanol–water partition coefficient (Wildman–Crippen LogP) is 4.03. The lowest BCUT2D eigenvalue weighted by Crippen LogP contribution is -2.49. The van der Waals surface area contributed by atoms with Crippen LogP contribution >= 0.6 is 0 Å². The first-order valence-electron chi connectivity index (χ1n) is 14.5. The van der Waals surface area contributed by atoms with Crippen molar-refractivity contribution in [1.29, 1.82) is 5.26 Å². The molecule has 0 unspecified atom stereocenters. The number of nitrogens with one attached hydrogen (secondary N) is 2. The second-order valence-corrected chi connectivity index (χ2v) is 11.1. The number of hydrogen-bond acceptors (Lipinski definition) is 9. The monoisotopic (exact) mass is 578 g/mol. The van der Waals surface area contributed by atoms with E-state index >= 15 is 0 Å². The third kappa shape index (κ3) is 6.27. The van der Waals surface area contributed by atoms with Crippen LogP contribution in [-0.2, 0) is 7.05 Å². The van der Waals surface area contributed by atoms with Gasteiger partial charge in [0.2, 0.25) is 5.95 Å². The van der Waals surface area contributed by atoms with Crippen molar-refractivity contribution >= 4 is 29.3 Å². The van der Waals surface area contributed by atoms with E-state index in [1.807, 2.05) is 60.6 Å². The summed E-state index contributed by atoms with van der Waals surface area (Å²) in [4.78, 5) is 31.2. The van der Waals surface area contributed by atoms with Gasteiger partial charge < -0.3 is 20.6 Å². The molecule has 3 N–H and O–H groups in total. The summed E-state index contributed by atoms with van der Waals surface area (Å²) in [5.74, 6) is 1.88. The predicted molar refractivity (Wildman–Crippen MR) is 164 cm³/mol. The first-order valence-corrected chi connectivity index (χ1v) is 14.5. The van der Waals surface area contributed by atoms with Crippen LogP contribution in [0.5, 0.6) is 0 Å². The van der Waals surface area contributed by atoms with Crippen molar-refractivity contribution < 1.29 is 9.90 Å². The fourth-order valence-corrected chi connectivity index (χ4v) is 5.71. The van der Waals surface area contributed by atoms with Crippen molar-refractivity contribution in [3.63, 3.8) is 0 Å². The Morgan fingerprint density at radius 3 is 2.49 bits per heavy atom. The molecule has 2 fully saturated rings. The number of anilines is 4. The second-order valence-electron chi connectivity index (χ2n) is 11.1. The highest BCUT2D eigenvalue weighted by atomic mass is 16.3. The molecule has 0 atom stereocenters. The van der Waals surface area contributed by atoms with Gasteiger partial charge in [0.1, 0.15) is 17.5 Å². The van der Waals surface area contributed by atoms with Crippen LogP contribution in [0.3, 0.4) is 0 Å². The van der Waals surface area contributed by atoms with Crippen LogP contribution in [-0.4, -0.2) is 67.7 Å². The minimum absolute atomic E-state index is 0.0487. The van der Waals surface area contributed by atoms with Gasteiger partial charge in [0, 0.05) is 74.0 Å². The zero-order chi connectivity index (χ0) is 29.8. The number of urea groups is 1. The van der Waals surface area contributed by atoms with Crippen LogP contribution in [0.25, 0.3) is 11.1 Å². The molecule has 4 aromatic rings. The van der Waals surface area contributed by atoms with Crippen molar-refractivity contribution in [3.8, 4) is 17.2 Å². The van der Waals surface area contributed by atoms with Gasteiger partial charge in [-0.3, -0.25) is 9.58 Å². The van der Waals surface area contributed by atoms with Gasteiger partial charge >= 0.3 is 6.03 Å². The molecule has 1 aliphatic carbocycles. The van der Waals surface area contributed by atoms with E-state index in [-0.39, 0.29) is 30.6 Å². The molecule has 2 amide bonds. The van der Waals surface area contributed by atoms with Crippen LogP contribution < -0.4 is 20.4 Å². The van der Waals surface area contributed by atoms with Gasteiger partial charge in [0.05, 0.1) is 12.4 Å². The van der Waals surface area contributed by atoms with Crippen molar-refractivity contribution in [3.05, 3.63) is 72.8 Å². The molecule has 6 rings (SSSR count). The Balaban J connectivity index is 1.15. The van der Waals surface area contributed by atoms with Gasteiger partial charge in [0.15, 0.2) is 5.82 Å². The summed E-state index contributed by atoms with van der Waals surface area (Å²) >= 11 is 0. The maximum Gasteiger partial charge on any atom is 0.327 e. The van der Waals surface area contributed by atoms with Gasteiger partial charge in [-0.2, -0.15) is 15.3 Å². The van der Waals surface area contributed by atoms with Gasteiger partial charge in [-0.25, -0.2) is 14.8 Å². The molecule has 12 nitrogen and oxygen atoms in total. The molecular weight excluding hydrogens is 544 g/mol. The highest BCUT2D eigenvalue weighted by Gasteiger charge is 2.32. The van der Waals surface area contributed by atoms with Crippen LogP contribution in [0.2, 0.25) is 0 Å². The lowest BCUT2D eigenvalue weighted by atomic mass is 9.90. The van der Waals surface area contributed by atoms with Crippen molar-refractivity contribution in [1.82, 2.24) is 24.7 Å². The molecule has 12 heteroatoms. The van der Waals surface area contributed by atoms with E-state index in [1.165, 1.54) is 0 Å². The highest BCUT2D eigenvalue weighted by molar-refractivity contribution is 6.01. The number of carbonyl (C=O) groups excluding carboxylic acids is 1. The van der Waals surface area contributed by atoms with E-state index < -0.39 is 0 Å². The normalized spacial score (nSPS) is 18.4. The van der Waals surface area contributed by atoms with Crippen molar-refractivity contribution in [2.75, 3.05) is 40.1 Å². The minimum Gasteiger partial charge on any atom is -0.396 e. The number of aromatic nitrogens is 5. The molecule has 0 spiro atoms. The summed E-state index contributed by atoms with van der Waals surface area (Å²) in [5.41, 5.74) is 3.04. The number of aliphatic hydroxyl groups excluding tert-OH is 1. The molecule has 1 aromatic carbocycles. The van der Waals surface area contributed by atoms with Crippen LogP contribution in [0.1, 0.15) is 31.2 Å². The van der Waals surface area contributed by atoms with E-state index in [9.17, 15) is 15.2 Å². The van der Waals surface area contributed by atoms with E-state index in [0.29, 0.717) is 36.2 Å². The molecule has 0 bridgehead atoms. The minimum atomic E-state index is -0.222. The molecule has 1 saturated carbocycles. The highest BCUT2D eigenvalue weighted by Crippen LogP contribution is 2.31. The number of nitriles is 1. The number of hydrogen-bond donors (Lipinski definition) is 3. The molecule has 3 aromatic heterocycles. The number of carbonyl (C=O) groups is 1. The maximum absolute atomic E-state index is 13.7. The fraction of sp³-hybridized carbons (Fsp3) is 0.355. The fourth-order valence-electron chi connectivity index (χ4n) is 5.71. The number of aryl methyl sites for hydroxylation is 1. The molecule has 4 heterocycles. The average Bonchev–Trinajstić information content (AvgIpc) is 3.45. The van der Waals surface area contributed by atoms with Crippen molar-refractivity contribution in [2.24, 2.45) is 13.0 Å². The Labute approximate surface area is 250 Å². The number of para-hydroxylation sites is 1. The van der Waals surface area contributed by atoms with Gasteiger partial charge in [-0.15, -0.1) is 0 Å². The molecule has 1 aliphatic heterocycles.